The van der Waals surface area contributed by atoms with Gasteiger partial charge in [0, 0.05) is 13.1 Å². The first kappa shape index (κ1) is 12.8. The van der Waals surface area contributed by atoms with E-state index in [2.05, 4.69) is 22.3 Å². The van der Waals surface area contributed by atoms with Crippen molar-refractivity contribution in [3.63, 3.8) is 0 Å². The van der Waals surface area contributed by atoms with E-state index in [-0.39, 0.29) is 5.91 Å². The van der Waals surface area contributed by atoms with Crippen LogP contribution < -0.4 is 11.3 Å². The van der Waals surface area contributed by atoms with Crippen LogP contribution in [0.25, 0.3) is 0 Å². The van der Waals surface area contributed by atoms with E-state index in [1.54, 1.807) is 0 Å². The van der Waals surface area contributed by atoms with Crippen molar-refractivity contribution in [3.8, 4) is 0 Å². The minimum atomic E-state index is -0.0373. The number of carbonyl (C=O) groups excluding carboxylic acids is 1. The fourth-order valence-corrected chi connectivity index (χ4v) is 2.34. The van der Waals surface area contributed by atoms with Crippen LogP contribution in [0, 0.1) is 5.92 Å². The summed E-state index contributed by atoms with van der Waals surface area (Å²) in [6.07, 6.45) is 6.38. The van der Waals surface area contributed by atoms with E-state index in [4.69, 9.17) is 5.84 Å². The Balaban J connectivity index is 1.98. The molecule has 6 nitrogen and oxygen atoms in total. The standard InChI is InChI=1S/C12H19N5O/c1-2-3-9-4-5-17(8-9)12(18)10-6-15-11(16-13)7-14-10/h6-7,9H,2-5,8,13H2,1H3,(H,15,16). The highest BCUT2D eigenvalue weighted by Crippen LogP contribution is 2.22. The van der Waals surface area contributed by atoms with Crippen LogP contribution in [-0.2, 0) is 0 Å². The summed E-state index contributed by atoms with van der Waals surface area (Å²) in [5.41, 5.74) is 2.77. The largest absolute Gasteiger partial charge is 0.337 e. The lowest BCUT2D eigenvalue weighted by Gasteiger charge is -2.15. The van der Waals surface area contributed by atoms with Crippen LogP contribution in [0.3, 0.4) is 0 Å². The number of nitrogens with zero attached hydrogens (tertiary/aromatic N) is 3. The normalized spacial score (nSPS) is 19.0. The molecule has 1 saturated heterocycles. The van der Waals surface area contributed by atoms with Crippen molar-refractivity contribution in [3.05, 3.63) is 18.1 Å². The maximum Gasteiger partial charge on any atom is 0.274 e. The number of nitrogen functional groups attached to an aromatic ring is 1. The molecule has 1 amide bonds. The quantitative estimate of drug-likeness (QED) is 0.615. The number of rotatable bonds is 4. The number of aromatic nitrogens is 2. The molecule has 0 aromatic carbocycles. The van der Waals surface area contributed by atoms with Crippen LogP contribution >= 0.6 is 0 Å². The molecule has 1 atom stereocenters. The van der Waals surface area contributed by atoms with E-state index >= 15 is 0 Å². The Morgan fingerprint density at radius 3 is 3.00 bits per heavy atom. The van der Waals surface area contributed by atoms with E-state index in [1.807, 2.05) is 4.90 Å². The summed E-state index contributed by atoms with van der Waals surface area (Å²) in [6.45, 7) is 3.84. The van der Waals surface area contributed by atoms with E-state index in [9.17, 15) is 4.79 Å². The fourth-order valence-electron chi connectivity index (χ4n) is 2.34. The first-order chi connectivity index (χ1) is 8.74. The molecule has 1 aromatic rings. The Morgan fingerprint density at radius 2 is 2.39 bits per heavy atom. The Hall–Kier alpha value is -1.69. The van der Waals surface area contributed by atoms with Crippen LogP contribution in [0.2, 0.25) is 0 Å². The van der Waals surface area contributed by atoms with Crippen LogP contribution in [0.4, 0.5) is 5.82 Å². The van der Waals surface area contributed by atoms with Crippen LogP contribution in [0.1, 0.15) is 36.7 Å². The van der Waals surface area contributed by atoms with E-state index in [0.717, 1.165) is 19.5 Å². The van der Waals surface area contributed by atoms with Gasteiger partial charge in [-0.05, 0) is 18.8 Å². The number of nitrogens with two attached hydrogens (primary N) is 1. The number of hydrazine groups is 1. The summed E-state index contributed by atoms with van der Waals surface area (Å²) in [6, 6.07) is 0. The molecule has 98 valence electrons. The molecule has 1 unspecified atom stereocenters. The molecule has 18 heavy (non-hydrogen) atoms. The van der Waals surface area contributed by atoms with E-state index < -0.39 is 0 Å². The molecule has 6 heteroatoms. The molecule has 0 spiro atoms. The maximum absolute atomic E-state index is 12.2. The number of nitrogens with one attached hydrogen (secondary N) is 1. The van der Waals surface area contributed by atoms with Crippen LogP contribution in [0.15, 0.2) is 12.4 Å². The van der Waals surface area contributed by atoms with Gasteiger partial charge in [-0.2, -0.15) is 0 Å². The SMILES string of the molecule is CCCC1CCN(C(=O)c2cnc(NN)cn2)C1. The first-order valence-corrected chi connectivity index (χ1v) is 6.32. The average Bonchev–Trinajstić information content (AvgIpc) is 2.87. The summed E-state index contributed by atoms with van der Waals surface area (Å²) in [5, 5.41) is 0. The lowest BCUT2D eigenvalue weighted by molar-refractivity contribution is 0.0780. The summed E-state index contributed by atoms with van der Waals surface area (Å²) in [5.74, 6) is 6.26. The van der Waals surface area contributed by atoms with Crippen molar-refractivity contribution >= 4 is 11.7 Å². The first-order valence-electron chi connectivity index (χ1n) is 6.32. The number of hydrogen-bond donors (Lipinski definition) is 2. The minimum absolute atomic E-state index is 0.0373. The van der Waals surface area contributed by atoms with E-state index in [0.29, 0.717) is 17.4 Å². The third kappa shape index (κ3) is 2.76. The topological polar surface area (TPSA) is 84.1 Å². The summed E-state index contributed by atoms with van der Waals surface area (Å²) < 4.78 is 0. The lowest BCUT2D eigenvalue weighted by Crippen LogP contribution is -2.29. The third-order valence-electron chi connectivity index (χ3n) is 3.29. The number of carbonyl (C=O) groups is 1. The maximum atomic E-state index is 12.2. The Morgan fingerprint density at radius 1 is 1.56 bits per heavy atom. The van der Waals surface area contributed by atoms with Crippen LogP contribution in [0.5, 0.6) is 0 Å². The molecular weight excluding hydrogens is 230 g/mol. The summed E-state index contributed by atoms with van der Waals surface area (Å²) in [7, 11) is 0. The smallest absolute Gasteiger partial charge is 0.274 e. The fraction of sp³-hybridized carbons (Fsp3) is 0.583. The number of anilines is 1. The molecule has 0 bridgehead atoms. The van der Waals surface area contributed by atoms with Gasteiger partial charge in [-0.15, -0.1) is 0 Å². The van der Waals surface area contributed by atoms with Crippen molar-refractivity contribution in [1.82, 2.24) is 14.9 Å². The molecule has 0 saturated carbocycles. The second-order valence-corrected chi connectivity index (χ2v) is 4.63. The Kier molecular flexibility index (Phi) is 4.09. The highest BCUT2D eigenvalue weighted by Gasteiger charge is 2.27. The average molecular weight is 249 g/mol. The van der Waals surface area contributed by atoms with Gasteiger partial charge in [-0.3, -0.25) is 4.79 Å². The molecule has 1 aliphatic rings. The van der Waals surface area contributed by atoms with E-state index in [1.165, 1.54) is 25.2 Å². The predicted molar refractivity (Wildman–Crippen MR) is 68.8 cm³/mol. The molecule has 1 fully saturated rings. The number of likely N-dealkylation sites (tertiary alicyclic amines) is 1. The highest BCUT2D eigenvalue weighted by molar-refractivity contribution is 5.92. The molecule has 0 radical (unpaired) electrons. The molecule has 2 rings (SSSR count). The predicted octanol–water partition coefficient (Wildman–Crippen LogP) is 1.02. The van der Waals surface area contributed by atoms with Gasteiger partial charge in [0.15, 0.2) is 5.82 Å². The number of hydrogen-bond acceptors (Lipinski definition) is 5. The Labute approximate surface area is 107 Å². The van der Waals surface area contributed by atoms with Gasteiger partial charge < -0.3 is 10.3 Å². The zero-order valence-corrected chi connectivity index (χ0v) is 10.6. The monoisotopic (exact) mass is 249 g/mol. The molecule has 3 N–H and O–H groups in total. The highest BCUT2D eigenvalue weighted by atomic mass is 16.2. The molecular formula is C12H19N5O. The molecule has 1 aliphatic heterocycles. The zero-order valence-electron chi connectivity index (χ0n) is 10.6. The van der Waals surface area contributed by atoms with Gasteiger partial charge in [-0.1, -0.05) is 13.3 Å². The van der Waals surface area contributed by atoms with Crippen molar-refractivity contribution in [2.45, 2.75) is 26.2 Å². The minimum Gasteiger partial charge on any atom is -0.337 e. The zero-order chi connectivity index (χ0) is 13.0. The van der Waals surface area contributed by atoms with Crippen molar-refractivity contribution < 1.29 is 4.79 Å². The van der Waals surface area contributed by atoms with Crippen LogP contribution in [-0.4, -0.2) is 33.9 Å². The van der Waals surface area contributed by atoms with Gasteiger partial charge in [0.05, 0.1) is 12.4 Å². The van der Waals surface area contributed by atoms with Crippen molar-refractivity contribution in [1.29, 1.82) is 0 Å². The number of amides is 1. The van der Waals surface area contributed by atoms with Gasteiger partial charge in [0.1, 0.15) is 5.69 Å². The van der Waals surface area contributed by atoms with Gasteiger partial charge in [0.25, 0.3) is 5.91 Å². The molecule has 0 aliphatic carbocycles. The Bertz CT molecular complexity index is 405. The second-order valence-electron chi connectivity index (χ2n) is 4.63. The van der Waals surface area contributed by atoms with Gasteiger partial charge >= 0.3 is 0 Å². The molecule has 1 aromatic heterocycles. The van der Waals surface area contributed by atoms with Gasteiger partial charge in [0.2, 0.25) is 0 Å². The third-order valence-corrected chi connectivity index (χ3v) is 3.29. The summed E-state index contributed by atoms with van der Waals surface area (Å²) >= 11 is 0. The van der Waals surface area contributed by atoms with Crippen molar-refractivity contribution in [2.24, 2.45) is 11.8 Å². The van der Waals surface area contributed by atoms with Gasteiger partial charge in [-0.25, -0.2) is 15.8 Å². The second kappa shape index (κ2) is 5.77. The lowest BCUT2D eigenvalue weighted by atomic mass is 10.0. The molecule has 2 heterocycles. The van der Waals surface area contributed by atoms with Crippen molar-refractivity contribution in [2.75, 3.05) is 18.5 Å². The summed E-state index contributed by atoms with van der Waals surface area (Å²) in [4.78, 5) is 22.1.